The third-order valence-corrected chi connectivity index (χ3v) is 1.81. The van der Waals surface area contributed by atoms with Crippen LogP contribution in [-0.4, -0.2) is 4.98 Å². The first kappa shape index (κ1) is 18.0. The molecule has 1 rings (SSSR count). The van der Waals surface area contributed by atoms with Gasteiger partial charge in [-0.2, -0.15) is 0 Å². The number of aromatic nitrogens is 1. The second-order valence-electron chi connectivity index (χ2n) is 3.00. The van der Waals surface area contributed by atoms with Gasteiger partial charge in [0, 0.05) is 11.8 Å². The number of pyridine rings is 1. The molecule has 1 aromatic rings. The van der Waals surface area contributed by atoms with E-state index in [-0.39, 0.29) is 0 Å². The van der Waals surface area contributed by atoms with Crippen LogP contribution in [0.15, 0.2) is 24.9 Å². The van der Waals surface area contributed by atoms with E-state index < -0.39 is 0 Å². The van der Waals surface area contributed by atoms with Crippen molar-refractivity contribution in [1.29, 1.82) is 0 Å². The first-order valence-electron chi connectivity index (χ1n) is 6.53. The minimum atomic E-state index is 0.954. The lowest BCUT2D eigenvalue weighted by Crippen LogP contribution is -1.87. The Morgan fingerprint density at radius 1 is 1.24 bits per heavy atom. The Kier molecular flexibility index (Phi) is 13.5. The Balaban J connectivity index is 0. The third-order valence-electron chi connectivity index (χ3n) is 1.81. The number of aryl methyl sites for hydroxylation is 1. The van der Waals surface area contributed by atoms with Gasteiger partial charge in [-0.05, 0) is 31.1 Å². The van der Waals surface area contributed by atoms with E-state index in [4.69, 9.17) is 0 Å². The maximum Gasteiger partial charge on any atom is 0.0696 e. The largest absolute Gasteiger partial charge is 0.256 e. The van der Waals surface area contributed by atoms with Gasteiger partial charge in [0.25, 0.3) is 0 Å². The lowest BCUT2D eigenvalue weighted by atomic mass is 10.1. The first-order chi connectivity index (χ1) is 8.27. The van der Waals surface area contributed by atoms with Crippen LogP contribution in [0.25, 0.3) is 12.2 Å². The van der Waals surface area contributed by atoms with E-state index >= 15 is 0 Å². The smallest absolute Gasteiger partial charge is 0.0696 e. The highest BCUT2D eigenvalue weighted by Gasteiger charge is 1.96. The van der Waals surface area contributed by atoms with Crippen LogP contribution in [0.2, 0.25) is 0 Å². The zero-order valence-electron chi connectivity index (χ0n) is 12.2. The summed E-state index contributed by atoms with van der Waals surface area (Å²) >= 11 is 0. The Hall–Kier alpha value is -1.37. The third kappa shape index (κ3) is 7.51. The summed E-state index contributed by atoms with van der Waals surface area (Å²) < 4.78 is 0. The molecule has 0 unspecified atom stereocenters. The van der Waals surface area contributed by atoms with Crippen molar-refractivity contribution in [3.05, 3.63) is 41.7 Å². The van der Waals surface area contributed by atoms with Crippen molar-refractivity contribution in [1.82, 2.24) is 4.98 Å². The molecule has 0 N–H and O–H groups in total. The fourth-order valence-electron chi connectivity index (χ4n) is 1.15. The zero-order valence-corrected chi connectivity index (χ0v) is 12.2. The van der Waals surface area contributed by atoms with Gasteiger partial charge in [0.05, 0.1) is 5.69 Å². The Morgan fingerprint density at radius 3 is 2.29 bits per heavy atom. The Labute approximate surface area is 107 Å². The van der Waals surface area contributed by atoms with Crippen LogP contribution >= 0.6 is 0 Å². The standard InChI is InChI=1S/C12H15N.2C2H6/c1-4-6-7-11-8-10(3)9-13-12(11)5-2;2*1-2/h5-9H,2,4H2,1,3H3;2*1-2H3/b7-6-;;. The van der Waals surface area contributed by atoms with Crippen LogP contribution in [0, 0.1) is 6.92 Å². The summed E-state index contributed by atoms with van der Waals surface area (Å²) in [6.07, 6.45) is 8.92. The summed E-state index contributed by atoms with van der Waals surface area (Å²) in [5, 5.41) is 0. The lowest BCUT2D eigenvalue weighted by molar-refractivity contribution is 1.21. The molecule has 0 saturated heterocycles. The quantitative estimate of drug-likeness (QED) is 0.671. The monoisotopic (exact) mass is 233 g/mol. The number of hydrogen-bond donors (Lipinski definition) is 0. The highest BCUT2D eigenvalue weighted by Crippen LogP contribution is 2.11. The molecule has 1 aromatic heterocycles. The Morgan fingerprint density at radius 2 is 1.82 bits per heavy atom. The topological polar surface area (TPSA) is 12.9 Å². The molecule has 0 radical (unpaired) electrons. The van der Waals surface area contributed by atoms with E-state index in [2.05, 4.69) is 36.7 Å². The molecule has 0 aliphatic rings. The minimum absolute atomic E-state index is 0.954. The molecule has 0 aromatic carbocycles. The van der Waals surface area contributed by atoms with Crippen molar-refractivity contribution in [2.24, 2.45) is 0 Å². The number of allylic oxidation sites excluding steroid dienone is 1. The fourth-order valence-corrected chi connectivity index (χ4v) is 1.15. The molecule has 1 heterocycles. The second-order valence-corrected chi connectivity index (χ2v) is 3.00. The predicted molar refractivity (Wildman–Crippen MR) is 81.1 cm³/mol. The van der Waals surface area contributed by atoms with E-state index in [0.29, 0.717) is 0 Å². The summed E-state index contributed by atoms with van der Waals surface area (Å²) in [6.45, 7) is 15.9. The molecule has 0 spiro atoms. The summed E-state index contributed by atoms with van der Waals surface area (Å²) in [5.41, 5.74) is 3.29. The van der Waals surface area contributed by atoms with Crippen LogP contribution < -0.4 is 0 Å². The van der Waals surface area contributed by atoms with E-state index in [1.807, 2.05) is 40.8 Å². The van der Waals surface area contributed by atoms with Crippen molar-refractivity contribution in [2.75, 3.05) is 0 Å². The van der Waals surface area contributed by atoms with E-state index in [1.54, 1.807) is 6.08 Å². The van der Waals surface area contributed by atoms with Gasteiger partial charge in [0.15, 0.2) is 0 Å². The van der Waals surface area contributed by atoms with Crippen molar-refractivity contribution >= 4 is 12.2 Å². The summed E-state index contributed by atoms with van der Waals surface area (Å²) in [5.74, 6) is 0. The van der Waals surface area contributed by atoms with Gasteiger partial charge in [-0.25, -0.2) is 0 Å². The van der Waals surface area contributed by atoms with E-state index in [0.717, 1.165) is 17.7 Å². The Bertz CT molecular complexity index is 324. The molecule has 0 atom stereocenters. The second kappa shape index (κ2) is 12.7. The van der Waals surface area contributed by atoms with Crippen LogP contribution in [0.5, 0.6) is 0 Å². The SMILES string of the molecule is C=Cc1ncc(C)cc1/C=C\CC.CC.CC. The van der Waals surface area contributed by atoms with Gasteiger partial charge in [-0.15, -0.1) is 0 Å². The molecular formula is C16H27N. The molecule has 0 amide bonds. The van der Waals surface area contributed by atoms with Crippen LogP contribution in [0.4, 0.5) is 0 Å². The average Bonchev–Trinajstić information content (AvgIpc) is 2.41. The number of rotatable bonds is 3. The fraction of sp³-hybridized carbons (Fsp3) is 0.438. The molecule has 0 fully saturated rings. The van der Waals surface area contributed by atoms with Gasteiger partial charge >= 0.3 is 0 Å². The van der Waals surface area contributed by atoms with Crippen molar-refractivity contribution < 1.29 is 0 Å². The van der Waals surface area contributed by atoms with Crippen molar-refractivity contribution in [2.45, 2.75) is 48.0 Å². The molecule has 1 heteroatoms. The number of nitrogens with zero attached hydrogens (tertiary/aromatic N) is 1. The molecular weight excluding hydrogens is 206 g/mol. The van der Waals surface area contributed by atoms with Crippen LogP contribution in [0.3, 0.4) is 0 Å². The van der Waals surface area contributed by atoms with Gasteiger partial charge in [0.2, 0.25) is 0 Å². The summed E-state index contributed by atoms with van der Waals surface area (Å²) in [6, 6.07) is 2.12. The maximum atomic E-state index is 4.28. The minimum Gasteiger partial charge on any atom is -0.256 e. The van der Waals surface area contributed by atoms with Gasteiger partial charge in [-0.3, -0.25) is 4.98 Å². The highest BCUT2D eigenvalue weighted by atomic mass is 14.7. The van der Waals surface area contributed by atoms with Gasteiger partial charge < -0.3 is 0 Å². The normalized spacial score (nSPS) is 8.82. The number of hydrogen-bond acceptors (Lipinski definition) is 1. The van der Waals surface area contributed by atoms with Crippen LogP contribution in [-0.2, 0) is 0 Å². The van der Waals surface area contributed by atoms with Gasteiger partial charge in [0.1, 0.15) is 0 Å². The first-order valence-corrected chi connectivity index (χ1v) is 6.53. The van der Waals surface area contributed by atoms with Crippen molar-refractivity contribution in [3.63, 3.8) is 0 Å². The van der Waals surface area contributed by atoms with E-state index in [1.165, 1.54) is 5.56 Å². The highest BCUT2D eigenvalue weighted by molar-refractivity contribution is 5.61. The maximum absolute atomic E-state index is 4.28. The van der Waals surface area contributed by atoms with Crippen molar-refractivity contribution in [3.8, 4) is 0 Å². The van der Waals surface area contributed by atoms with Gasteiger partial charge in [-0.1, -0.05) is 53.3 Å². The van der Waals surface area contributed by atoms with E-state index in [9.17, 15) is 0 Å². The molecule has 0 bridgehead atoms. The summed E-state index contributed by atoms with van der Waals surface area (Å²) in [4.78, 5) is 4.28. The molecule has 1 nitrogen and oxygen atoms in total. The molecule has 0 saturated carbocycles. The van der Waals surface area contributed by atoms with Crippen LogP contribution in [0.1, 0.15) is 57.9 Å². The predicted octanol–water partition coefficient (Wildman–Crippen LogP) is 5.51. The zero-order chi connectivity index (χ0) is 13.7. The molecule has 0 aliphatic heterocycles. The lowest BCUT2D eigenvalue weighted by Gasteiger charge is -2.00. The molecule has 96 valence electrons. The average molecular weight is 233 g/mol. The summed E-state index contributed by atoms with van der Waals surface area (Å²) in [7, 11) is 0. The molecule has 17 heavy (non-hydrogen) atoms. The molecule has 0 aliphatic carbocycles.